The number of aliphatic carboxylic acids is 1. The zero-order valence-corrected chi connectivity index (χ0v) is 25.4. The molecule has 0 saturated carbocycles. The van der Waals surface area contributed by atoms with Crippen LogP contribution in [0.3, 0.4) is 0 Å². The number of nitrogens with zero attached hydrogens (tertiary/aromatic N) is 2. The standard InChI is InChI=1S/C30H37FN4O6S2/c31-10-7-19-8-11-35(12-9-19)30(39)24(16-27-33-23-3-1-2-4-25(23)42-27)34-43(40,41)26-15-20(5-6-28(37)38)13-22-14-21(18-36)17-32-29(22)26/h1-4,13,15,19,21,24,32,34,36H,5-12,14,16-18H2,(H,37,38)/t21?,24-/m0/s1. The van der Waals surface area contributed by atoms with Crippen molar-refractivity contribution in [1.82, 2.24) is 14.6 Å². The van der Waals surface area contributed by atoms with Crippen molar-refractivity contribution in [2.45, 2.75) is 55.9 Å². The van der Waals surface area contributed by atoms with Gasteiger partial charge in [0, 0.05) is 45.0 Å². The lowest BCUT2D eigenvalue weighted by Gasteiger charge is -2.34. The number of halogens is 1. The number of piperidine rings is 1. The van der Waals surface area contributed by atoms with Gasteiger partial charge in [0.25, 0.3) is 0 Å². The Balaban J connectivity index is 1.47. The van der Waals surface area contributed by atoms with Crippen LogP contribution in [0.4, 0.5) is 10.1 Å². The first kappa shape index (κ1) is 31.3. The fourth-order valence-corrected chi connectivity index (χ4v) is 8.37. The molecule has 1 amide bonds. The van der Waals surface area contributed by atoms with Gasteiger partial charge in [-0.1, -0.05) is 18.2 Å². The van der Waals surface area contributed by atoms with E-state index in [9.17, 15) is 32.6 Å². The highest BCUT2D eigenvalue weighted by Gasteiger charge is 2.35. The minimum Gasteiger partial charge on any atom is -0.481 e. The van der Waals surface area contributed by atoms with Crippen LogP contribution in [0.25, 0.3) is 10.2 Å². The number of rotatable bonds is 12. The van der Waals surface area contributed by atoms with E-state index in [1.807, 2.05) is 24.3 Å². The Hall–Kier alpha value is -3.13. The number of sulfonamides is 1. The van der Waals surface area contributed by atoms with E-state index >= 15 is 0 Å². The normalized spacial score (nSPS) is 18.3. The summed E-state index contributed by atoms with van der Waals surface area (Å²) in [5.41, 5.74) is 2.39. The molecular weight excluding hydrogens is 595 g/mol. The van der Waals surface area contributed by atoms with Gasteiger partial charge < -0.3 is 20.4 Å². The van der Waals surface area contributed by atoms with Gasteiger partial charge in [-0.3, -0.25) is 14.0 Å². The summed E-state index contributed by atoms with van der Waals surface area (Å²) < 4.78 is 44.7. The molecule has 2 atom stereocenters. The van der Waals surface area contributed by atoms with Crippen molar-refractivity contribution in [2.75, 3.05) is 38.2 Å². The maximum Gasteiger partial charge on any atom is 0.303 e. The molecule has 3 aromatic rings. The molecule has 2 aliphatic rings. The number of carboxylic acid groups (broad SMARTS) is 1. The largest absolute Gasteiger partial charge is 0.481 e. The molecule has 2 aromatic carbocycles. The molecule has 3 heterocycles. The van der Waals surface area contributed by atoms with E-state index < -0.39 is 28.7 Å². The summed E-state index contributed by atoms with van der Waals surface area (Å²) >= 11 is 1.41. The maximum absolute atomic E-state index is 14.1. The average Bonchev–Trinajstić information content (AvgIpc) is 3.41. The number of nitrogens with one attached hydrogen (secondary N) is 2. The van der Waals surface area contributed by atoms with Gasteiger partial charge in [0.15, 0.2) is 0 Å². The lowest BCUT2D eigenvalue weighted by atomic mass is 9.92. The molecular formula is C30H37FN4O6S2. The number of likely N-dealkylation sites (tertiary alicyclic amines) is 1. The first-order chi connectivity index (χ1) is 20.7. The van der Waals surface area contributed by atoms with Crippen molar-refractivity contribution in [3.05, 3.63) is 52.5 Å². The highest BCUT2D eigenvalue weighted by atomic mass is 32.2. The van der Waals surface area contributed by atoms with Crippen LogP contribution in [0.15, 0.2) is 41.3 Å². The molecule has 1 fully saturated rings. The molecule has 0 radical (unpaired) electrons. The van der Waals surface area contributed by atoms with Gasteiger partial charge in [0.2, 0.25) is 15.9 Å². The number of benzene rings is 2. The number of aliphatic hydroxyl groups is 1. The summed E-state index contributed by atoms with van der Waals surface area (Å²) in [6.45, 7) is 0.744. The molecule has 0 aliphatic carbocycles. The quantitative estimate of drug-likeness (QED) is 0.238. The van der Waals surface area contributed by atoms with Gasteiger partial charge in [-0.05, 0) is 67.3 Å². The summed E-state index contributed by atoms with van der Waals surface area (Å²) in [5.74, 6) is -1.27. The van der Waals surface area contributed by atoms with E-state index in [1.165, 1.54) is 17.4 Å². The van der Waals surface area contributed by atoms with Crippen molar-refractivity contribution < 1.29 is 32.6 Å². The van der Waals surface area contributed by atoms with Crippen molar-refractivity contribution in [3.8, 4) is 0 Å². The number of anilines is 1. The average molecular weight is 633 g/mol. The Morgan fingerprint density at radius 2 is 1.95 bits per heavy atom. The van der Waals surface area contributed by atoms with E-state index in [-0.39, 0.29) is 48.5 Å². The summed E-state index contributed by atoms with van der Waals surface area (Å²) in [6.07, 6.45) is 2.23. The van der Waals surface area contributed by atoms with E-state index in [0.717, 1.165) is 10.2 Å². The minimum atomic E-state index is -4.28. The number of aryl methyl sites for hydroxylation is 1. The lowest BCUT2D eigenvalue weighted by Crippen LogP contribution is -2.51. The smallest absolute Gasteiger partial charge is 0.303 e. The van der Waals surface area contributed by atoms with E-state index in [2.05, 4.69) is 15.0 Å². The Bertz CT molecular complexity index is 1540. The molecule has 5 rings (SSSR count). The van der Waals surface area contributed by atoms with Crippen LogP contribution in [0.2, 0.25) is 0 Å². The van der Waals surface area contributed by atoms with Gasteiger partial charge >= 0.3 is 5.97 Å². The number of para-hydroxylation sites is 1. The Morgan fingerprint density at radius 1 is 1.19 bits per heavy atom. The first-order valence-electron chi connectivity index (χ1n) is 14.6. The summed E-state index contributed by atoms with van der Waals surface area (Å²) in [5, 5.41) is 22.7. The van der Waals surface area contributed by atoms with E-state index in [1.54, 1.807) is 11.0 Å². The molecule has 1 saturated heterocycles. The predicted octanol–water partition coefficient (Wildman–Crippen LogP) is 3.38. The number of alkyl halides is 1. The Morgan fingerprint density at radius 3 is 2.65 bits per heavy atom. The highest BCUT2D eigenvalue weighted by Crippen LogP contribution is 2.34. The fourth-order valence-electron chi connectivity index (χ4n) is 5.89. The molecule has 1 unspecified atom stereocenters. The summed E-state index contributed by atoms with van der Waals surface area (Å²) in [6, 6.07) is 9.68. The fraction of sp³-hybridized carbons (Fsp3) is 0.500. The predicted molar refractivity (Wildman–Crippen MR) is 162 cm³/mol. The van der Waals surface area contributed by atoms with Crippen LogP contribution >= 0.6 is 11.3 Å². The van der Waals surface area contributed by atoms with Crippen LogP contribution in [0, 0.1) is 11.8 Å². The van der Waals surface area contributed by atoms with Crippen LogP contribution in [-0.4, -0.2) is 79.3 Å². The third-order valence-electron chi connectivity index (χ3n) is 8.25. The lowest BCUT2D eigenvalue weighted by molar-refractivity contribution is -0.137. The molecule has 10 nitrogen and oxygen atoms in total. The van der Waals surface area contributed by atoms with Gasteiger partial charge in [-0.15, -0.1) is 11.3 Å². The van der Waals surface area contributed by atoms with Crippen molar-refractivity contribution in [1.29, 1.82) is 0 Å². The van der Waals surface area contributed by atoms with Crippen molar-refractivity contribution in [2.24, 2.45) is 11.8 Å². The van der Waals surface area contributed by atoms with Crippen LogP contribution < -0.4 is 10.0 Å². The van der Waals surface area contributed by atoms with Crippen LogP contribution in [-0.2, 0) is 38.9 Å². The second-order valence-electron chi connectivity index (χ2n) is 11.4. The molecule has 2 aliphatic heterocycles. The highest BCUT2D eigenvalue weighted by molar-refractivity contribution is 7.89. The number of carbonyl (C=O) groups excluding carboxylic acids is 1. The second kappa shape index (κ2) is 13.7. The second-order valence-corrected chi connectivity index (χ2v) is 14.2. The number of hydrogen-bond acceptors (Lipinski definition) is 8. The number of carbonyl (C=O) groups is 2. The Kier molecular flexibility index (Phi) is 9.95. The molecule has 232 valence electrons. The minimum absolute atomic E-state index is 0.0504. The third-order valence-corrected chi connectivity index (χ3v) is 10.8. The van der Waals surface area contributed by atoms with Crippen LogP contribution in [0.5, 0.6) is 0 Å². The Labute approximate surface area is 254 Å². The number of hydrogen-bond donors (Lipinski definition) is 4. The van der Waals surface area contributed by atoms with Crippen LogP contribution in [0.1, 0.15) is 41.8 Å². The van der Waals surface area contributed by atoms with Gasteiger partial charge in [0.1, 0.15) is 10.9 Å². The van der Waals surface area contributed by atoms with Crippen molar-refractivity contribution in [3.63, 3.8) is 0 Å². The number of fused-ring (bicyclic) bond motifs is 2. The molecule has 1 aromatic heterocycles. The topological polar surface area (TPSA) is 149 Å². The number of carboxylic acids is 1. The molecule has 43 heavy (non-hydrogen) atoms. The van der Waals surface area contributed by atoms with Gasteiger partial charge in [-0.25, -0.2) is 13.4 Å². The zero-order valence-electron chi connectivity index (χ0n) is 23.8. The third kappa shape index (κ3) is 7.51. The van der Waals surface area contributed by atoms with Gasteiger partial charge in [-0.2, -0.15) is 4.72 Å². The maximum atomic E-state index is 14.1. The molecule has 0 bridgehead atoms. The first-order valence-corrected chi connectivity index (χ1v) is 16.9. The number of aromatic nitrogens is 1. The number of aliphatic hydroxyl groups excluding tert-OH is 1. The number of amides is 1. The SMILES string of the molecule is O=C(O)CCc1cc2c(c(S(=O)(=O)N[C@@H](Cc3nc4ccccc4s3)C(=O)N3CCC(CCF)CC3)c1)NCC(CO)C2. The summed E-state index contributed by atoms with van der Waals surface area (Å²) in [4.78, 5) is 31.4. The monoisotopic (exact) mass is 632 g/mol. The van der Waals surface area contributed by atoms with E-state index in [0.29, 0.717) is 67.1 Å². The molecule has 0 spiro atoms. The number of thiazole rings is 1. The molecule has 4 N–H and O–H groups in total. The van der Waals surface area contributed by atoms with Crippen molar-refractivity contribution >= 4 is 49.1 Å². The van der Waals surface area contributed by atoms with Gasteiger partial charge in [0.05, 0.1) is 27.6 Å². The molecule has 13 heteroatoms. The van der Waals surface area contributed by atoms with E-state index in [4.69, 9.17) is 0 Å². The zero-order chi connectivity index (χ0) is 30.6. The summed E-state index contributed by atoms with van der Waals surface area (Å²) in [7, 11) is -4.28.